The summed E-state index contributed by atoms with van der Waals surface area (Å²) in [7, 11) is 0. The van der Waals surface area contributed by atoms with Gasteiger partial charge in [0.25, 0.3) is 11.6 Å². The van der Waals surface area contributed by atoms with E-state index in [1.807, 2.05) is 6.07 Å². The van der Waals surface area contributed by atoms with Crippen LogP contribution in [0, 0.1) is 21.4 Å². The molecule has 8 nitrogen and oxygen atoms in total. The number of anilines is 1. The number of benzene rings is 3. The van der Waals surface area contributed by atoms with E-state index in [1.165, 1.54) is 18.2 Å². The number of nitriles is 1. The fourth-order valence-corrected chi connectivity index (χ4v) is 3.49. The van der Waals surface area contributed by atoms with Crippen LogP contribution in [0.2, 0.25) is 10.0 Å². The first kappa shape index (κ1) is 25.6. The van der Waals surface area contributed by atoms with E-state index in [0.717, 1.165) is 0 Å². The number of halogens is 2. The van der Waals surface area contributed by atoms with E-state index >= 15 is 0 Å². The van der Waals surface area contributed by atoms with Crippen molar-refractivity contribution in [3.8, 4) is 17.6 Å². The number of carbonyl (C=O) groups excluding carboxylic acids is 1. The van der Waals surface area contributed by atoms with Crippen LogP contribution in [0.4, 0.5) is 11.4 Å². The summed E-state index contributed by atoms with van der Waals surface area (Å²) in [6, 6.07) is 17.5. The Hall–Kier alpha value is -4.06. The maximum Gasteiger partial charge on any atom is 0.269 e. The summed E-state index contributed by atoms with van der Waals surface area (Å²) in [6.07, 6.45) is 1.38. The predicted molar refractivity (Wildman–Crippen MR) is 134 cm³/mol. The third kappa shape index (κ3) is 6.96. The van der Waals surface area contributed by atoms with Gasteiger partial charge in [-0.1, -0.05) is 29.3 Å². The van der Waals surface area contributed by atoms with Gasteiger partial charge in [-0.15, -0.1) is 0 Å². The molecular weight excluding hydrogens is 493 g/mol. The molecule has 35 heavy (non-hydrogen) atoms. The van der Waals surface area contributed by atoms with Gasteiger partial charge in [-0.2, -0.15) is 5.26 Å². The number of nitrogens with one attached hydrogen (secondary N) is 1. The van der Waals surface area contributed by atoms with E-state index in [9.17, 15) is 20.2 Å². The second kappa shape index (κ2) is 11.9. The number of hydrogen-bond acceptors (Lipinski definition) is 6. The molecule has 0 aliphatic rings. The van der Waals surface area contributed by atoms with Crippen LogP contribution in [0.15, 0.2) is 66.2 Å². The standard InChI is InChI=1S/C25H19Cl2N3O5/c1-2-34-23-12-17(10-18(14-28)25(31)29-20-5-3-4-19(26)13-20)11-22(27)24(23)35-15-16-6-8-21(9-7-16)30(32)33/h3-13H,2,15H2,1H3,(H,29,31)/b18-10+. The van der Waals surface area contributed by atoms with Crippen molar-refractivity contribution in [2.45, 2.75) is 13.5 Å². The number of carbonyl (C=O) groups is 1. The average Bonchev–Trinajstić information content (AvgIpc) is 2.82. The number of nitro benzene ring substituents is 1. The molecule has 0 saturated heterocycles. The van der Waals surface area contributed by atoms with Crippen molar-refractivity contribution in [3.05, 3.63) is 97.5 Å². The van der Waals surface area contributed by atoms with Crippen LogP contribution in [0.1, 0.15) is 18.1 Å². The normalized spacial score (nSPS) is 10.9. The molecule has 10 heteroatoms. The molecule has 0 aromatic heterocycles. The lowest BCUT2D eigenvalue weighted by Gasteiger charge is -2.15. The van der Waals surface area contributed by atoms with Crippen LogP contribution in [-0.4, -0.2) is 17.4 Å². The first-order chi connectivity index (χ1) is 16.8. The minimum absolute atomic E-state index is 0.0226. The maximum atomic E-state index is 12.6. The largest absolute Gasteiger partial charge is 0.490 e. The Morgan fingerprint density at radius 3 is 2.51 bits per heavy atom. The molecule has 0 spiro atoms. The van der Waals surface area contributed by atoms with Crippen LogP contribution in [0.25, 0.3) is 6.08 Å². The second-order valence-corrected chi connectivity index (χ2v) is 7.95. The molecule has 0 saturated carbocycles. The predicted octanol–water partition coefficient (Wildman–Crippen LogP) is 6.42. The summed E-state index contributed by atoms with van der Waals surface area (Å²) < 4.78 is 11.5. The molecular formula is C25H19Cl2N3O5. The highest BCUT2D eigenvalue weighted by Gasteiger charge is 2.15. The highest BCUT2D eigenvalue weighted by Crippen LogP contribution is 2.38. The summed E-state index contributed by atoms with van der Waals surface area (Å²) >= 11 is 12.4. The third-order valence-electron chi connectivity index (χ3n) is 4.62. The van der Waals surface area contributed by atoms with Crippen LogP contribution in [0.3, 0.4) is 0 Å². The van der Waals surface area contributed by atoms with E-state index in [-0.39, 0.29) is 28.6 Å². The Balaban J connectivity index is 1.82. The van der Waals surface area contributed by atoms with Gasteiger partial charge in [-0.05, 0) is 66.6 Å². The van der Waals surface area contributed by atoms with Gasteiger partial charge in [0.2, 0.25) is 0 Å². The van der Waals surface area contributed by atoms with Gasteiger partial charge in [-0.25, -0.2) is 0 Å². The zero-order valence-corrected chi connectivity index (χ0v) is 20.0. The molecule has 0 aliphatic heterocycles. The Bertz CT molecular complexity index is 1320. The van der Waals surface area contributed by atoms with Crippen molar-refractivity contribution in [2.75, 3.05) is 11.9 Å². The van der Waals surface area contributed by atoms with Gasteiger partial charge in [0.15, 0.2) is 11.5 Å². The first-order valence-electron chi connectivity index (χ1n) is 10.3. The molecule has 1 N–H and O–H groups in total. The monoisotopic (exact) mass is 511 g/mol. The number of nitrogens with zero attached hydrogens (tertiary/aromatic N) is 2. The van der Waals surface area contributed by atoms with Crippen LogP contribution in [0.5, 0.6) is 11.5 Å². The lowest BCUT2D eigenvalue weighted by molar-refractivity contribution is -0.384. The molecule has 178 valence electrons. The molecule has 0 aliphatic carbocycles. The first-order valence-corrected chi connectivity index (χ1v) is 11.1. The molecule has 0 radical (unpaired) electrons. The van der Waals surface area contributed by atoms with Crippen LogP contribution >= 0.6 is 23.2 Å². The van der Waals surface area contributed by atoms with Crippen molar-refractivity contribution in [3.63, 3.8) is 0 Å². The molecule has 3 aromatic rings. The minimum atomic E-state index is -0.609. The van der Waals surface area contributed by atoms with Crippen molar-refractivity contribution in [1.82, 2.24) is 0 Å². The third-order valence-corrected chi connectivity index (χ3v) is 5.14. The SMILES string of the molecule is CCOc1cc(/C=C(\C#N)C(=O)Nc2cccc(Cl)c2)cc(Cl)c1OCc1ccc([N+](=O)[O-])cc1. The molecule has 1 amide bonds. The quantitative estimate of drug-likeness (QED) is 0.153. The Morgan fingerprint density at radius 1 is 1.14 bits per heavy atom. The summed E-state index contributed by atoms with van der Waals surface area (Å²) in [5, 5.41) is 23.6. The molecule has 0 heterocycles. The summed E-state index contributed by atoms with van der Waals surface area (Å²) in [6.45, 7) is 2.20. The van der Waals surface area contributed by atoms with Crippen molar-refractivity contribution in [1.29, 1.82) is 5.26 Å². The van der Waals surface area contributed by atoms with Gasteiger partial charge in [0.05, 0.1) is 16.6 Å². The fraction of sp³-hybridized carbons (Fsp3) is 0.120. The lowest BCUT2D eigenvalue weighted by Crippen LogP contribution is -2.13. The van der Waals surface area contributed by atoms with Gasteiger partial charge >= 0.3 is 0 Å². The van der Waals surface area contributed by atoms with E-state index in [2.05, 4.69) is 5.32 Å². The second-order valence-electron chi connectivity index (χ2n) is 7.11. The summed E-state index contributed by atoms with van der Waals surface area (Å²) in [5.41, 5.74) is 1.43. The highest BCUT2D eigenvalue weighted by atomic mass is 35.5. The van der Waals surface area contributed by atoms with Gasteiger partial charge < -0.3 is 14.8 Å². The number of ether oxygens (including phenoxy) is 2. The molecule has 0 atom stereocenters. The zero-order chi connectivity index (χ0) is 25.4. The Morgan fingerprint density at radius 2 is 1.89 bits per heavy atom. The smallest absolute Gasteiger partial charge is 0.269 e. The van der Waals surface area contributed by atoms with E-state index in [1.54, 1.807) is 55.5 Å². The van der Waals surface area contributed by atoms with Crippen LogP contribution in [-0.2, 0) is 11.4 Å². The van der Waals surface area contributed by atoms with Crippen molar-refractivity contribution < 1.29 is 19.2 Å². The zero-order valence-electron chi connectivity index (χ0n) is 18.5. The average molecular weight is 512 g/mol. The maximum absolute atomic E-state index is 12.6. The lowest BCUT2D eigenvalue weighted by atomic mass is 10.1. The molecule has 0 fully saturated rings. The number of amides is 1. The Labute approximate surface area is 211 Å². The summed E-state index contributed by atoms with van der Waals surface area (Å²) in [5.74, 6) is -0.0195. The Kier molecular flexibility index (Phi) is 8.68. The van der Waals surface area contributed by atoms with Crippen molar-refractivity contribution in [2.24, 2.45) is 0 Å². The van der Waals surface area contributed by atoms with Crippen molar-refractivity contribution >= 4 is 46.6 Å². The van der Waals surface area contributed by atoms with Crippen LogP contribution < -0.4 is 14.8 Å². The number of non-ortho nitro benzene ring substituents is 1. The molecule has 0 unspecified atom stereocenters. The number of rotatable bonds is 9. The van der Waals surface area contributed by atoms with E-state index < -0.39 is 10.8 Å². The van der Waals surface area contributed by atoms with E-state index in [4.69, 9.17) is 32.7 Å². The molecule has 0 bridgehead atoms. The minimum Gasteiger partial charge on any atom is -0.490 e. The van der Waals surface area contributed by atoms with Gasteiger partial charge in [0, 0.05) is 22.8 Å². The molecule has 3 rings (SSSR count). The van der Waals surface area contributed by atoms with E-state index in [0.29, 0.717) is 34.2 Å². The van der Waals surface area contributed by atoms with Gasteiger partial charge in [-0.3, -0.25) is 14.9 Å². The highest BCUT2D eigenvalue weighted by molar-refractivity contribution is 6.32. The van der Waals surface area contributed by atoms with Gasteiger partial charge in [0.1, 0.15) is 18.2 Å². The topological polar surface area (TPSA) is 114 Å². The number of hydrogen-bond donors (Lipinski definition) is 1. The molecule has 3 aromatic carbocycles. The number of nitro groups is 1. The summed E-state index contributed by atoms with van der Waals surface area (Å²) in [4.78, 5) is 22.9. The fourth-order valence-electron chi connectivity index (χ4n) is 3.02.